The third kappa shape index (κ3) is 4.96. The molecule has 0 saturated carbocycles. The highest BCUT2D eigenvalue weighted by Crippen LogP contribution is 2.08. The van der Waals surface area contributed by atoms with E-state index in [0.717, 1.165) is 32.1 Å². The first kappa shape index (κ1) is 14.8. The molecule has 0 radical (unpaired) electrons. The van der Waals surface area contributed by atoms with Gasteiger partial charge in [0.25, 0.3) is 0 Å². The summed E-state index contributed by atoms with van der Waals surface area (Å²) < 4.78 is 0. The van der Waals surface area contributed by atoms with Gasteiger partial charge in [-0.05, 0) is 52.3 Å². The molecule has 0 aromatic carbocycles. The van der Waals surface area contributed by atoms with Crippen LogP contribution in [0.15, 0.2) is 4.99 Å². The summed E-state index contributed by atoms with van der Waals surface area (Å²) in [5.74, 6) is 0.197. The Balaban J connectivity index is 2.06. The molecule has 0 aliphatic carbocycles. The van der Waals surface area contributed by atoms with Crippen molar-refractivity contribution in [1.29, 1.82) is 0 Å². The third-order valence-electron chi connectivity index (χ3n) is 3.22. The van der Waals surface area contributed by atoms with Gasteiger partial charge in [-0.3, -0.25) is 14.6 Å². The minimum Gasteiger partial charge on any atom is -0.354 e. The lowest BCUT2D eigenvalue weighted by molar-refractivity contribution is -0.122. The Morgan fingerprint density at radius 2 is 2.22 bits per heavy atom. The number of unbranched alkanes of at least 4 members (excludes halogenated alkanes) is 1. The van der Waals surface area contributed by atoms with E-state index in [1.54, 1.807) is 14.0 Å². The fraction of sp³-hybridized carbons (Fsp3) is 0.769. The topological polar surface area (TPSA) is 70.6 Å². The average molecular weight is 253 g/mol. The monoisotopic (exact) mass is 253 g/mol. The van der Waals surface area contributed by atoms with E-state index in [-0.39, 0.29) is 23.8 Å². The molecular weight excluding hydrogens is 230 g/mol. The number of ketones is 1. The zero-order valence-electron chi connectivity index (χ0n) is 11.2. The van der Waals surface area contributed by atoms with Crippen LogP contribution in [0.3, 0.4) is 0 Å². The van der Waals surface area contributed by atoms with Gasteiger partial charge in [-0.1, -0.05) is 0 Å². The SMILES string of the molecule is CNC(CCCCNC(=O)C1CCC=N1)C(C)=O. The number of Topliss-reactive ketones (excluding diaryl/α,β-unsaturated/α-hetero) is 1. The van der Waals surface area contributed by atoms with Crippen molar-refractivity contribution in [1.82, 2.24) is 10.6 Å². The lowest BCUT2D eigenvalue weighted by atomic mass is 10.1. The van der Waals surface area contributed by atoms with Crippen molar-refractivity contribution in [2.24, 2.45) is 4.99 Å². The number of hydrogen-bond acceptors (Lipinski definition) is 4. The second-order valence-electron chi connectivity index (χ2n) is 4.66. The van der Waals surface area contributed by atoms with Crippen LogP contribution in [0.2, 0.25) is 0 Å². The predicted molar refractivity (Wildman–Crippen MR) is 71.9 cm³/mol. The molecule has 102 valence electrons. The Hall–Kier alpha value is -1.23. The predicted octanol–water partition coefficient (Wildman–Crippen LogP) is 0.683. The lowest BCUT2D eigenvalue weighted by Crippen LogP contribution is -2.34. The van der Waals surface area contributed by atoms with Crippen LogP contribution in [0.5, 0.6) is 0 Å². The molecule has 0 aromatic heterocycles. The van der Waals surface area contributed by atoms with Crippen LogP contribution in [-0.2, 0) is 9.59 Å². The summed E-state index contributed by atoms with van der Waals surface area (Å²) in [5, 5.41) is 5.88. The molecule has 1 aliphatic rings. The normalized spacial score (nSPS) is 19.8. The molecule has 0 spiro atoms. The van der Waals surface area contributed by atoms with Crippen molar-refractivity contribution < 1.29 is 9.59 Å². The second-order valence-corrected chi connectivity index (χ2v) is 4.66. The maximum absolute atomic E-state index is 11.6. The van der Waals surface area contributed by atoms with E-state index in [1.807, 2.05) is 6.21 Å². The fourth-order valence-electron chi connectivity index (χ4n) is 2.06. The van der Waals surface area contributed by atoms with Gasteiger partial charge in [0.15, 0.2) is 0 Å². The number of hydrogen-bond donors (Lipinski definition) is 2. The number of aliphatic imine (C=N–C) groups is 1. The standard InChI is InChI=1S/C13H23N3O2/c1-10(17)11(14-2)6-3-4-8-16-13(18)12-7-5-9-15-12/h9,11-12,14H,3-8H2,1-2H3,(H,16,18). The minimum absolute atomic E-state index is 0.0282. The average Bonchev–Trinajstić information content (AvgIpc) is 2.86. The molecule has 1 aliphatic heterocycles. The molecule has 0 fully saturated rings. The Morgan fingerprint density at radius 3 is 2.78 bits per heavy atom. The Morgan fingerprint density at radius 1 is 1.44 bits per heavy atom. The number of likely N-dealkylation sites (N-methyl/N-ethyl adjacent to an activating group) is 1. The maximum atomic E-state index is 11.6. The largest absolute Gasteiger partial charge is 0.354 e. The van der Waals surface area contributed by atoms with Crippen LogP contribution in [-0.4, -0.2) is 43.6 Å². The highest BCUT2D eigenvalue weighted by Gasteiger charge is 2.18. The zero-order valence-corrected chi connectivity index (χ0v) is 11.2. The molecule has 1 heterocycles. The number of rotatable bonds is 8. The van der Waals surface area contributed by atoms with Gasteiger partial charge in [0.05, 0.1) is 6.04 Å². The summed E-state index contributed by atoms with van der Waals surface area (Å²) in [6, 6.07) is -0.229. The molecule has 0 bridgehead atoms. The molecular formula is C13H23N3O2. The van der Waals surface area contributed by atoms with Crippen LogP contribution >= 0.6 is 0 Å². The summed E-state index contributed by atoms with van der Waals surface area (Å²) in [6.07, 6.45) is 6.20. The molecule has 2 N–H and O–H groups in total. The molecule has 1 rings (SSSR count). The van der Waals surface area contributed by atoms with Gasteiger partial charge >= 0.3 is 0 Å². The highest BCUT2D eigenvalue weighted by atomic mass is 16.2. The highest BCUT2D eigenvalue weighted by molar-refractivity contribution is 5.85. The van der Waals surface area contributed by atoms with Crippen molar-refractivity contribution >= 4 is 17.9 Å². The van der Waals surface area contributed by atoms with Gasteiger partial charge in [0.1, 0.15) is 11.8 Å². The molecule has 5 heteroatoms. The maximum Gasteiger partial charge on any atom is 0.244 e. The molecule has 18 heavy (non-hydrogen) atoms. The van der Waals surface area contributed by atoms with Gasteiger partial charge in [-0.25, -0.2) is 0 Å². The first-order valence-corrected chi connectivity index (χ1v) is 6.62. The van der Waals surface area contributed by atoms with E-state index < -0.39 is 0 Å². The van der Waals surface area contributed by atoms with Crippen LogP contribution in [0, 0.1) is 0 Å². The summed E-state index contributed by atoms with van der Waals surface area (Å²) in [7, 11) is 1.80. The van der Waals surface area contributed by atoms with Gasteiger partial charge < -0.3 is 10.6 Å². The van der Waals surface area contributed by atoms with E-state index in [9.17, 15) is 9.59 Å². The quantitative estimate of drug-likeness (QED) is 0.625. The van der Waals surface area contributed by atoms with Crippen molar-refractivity contribution in [2.75, 3.05) is 13.6 Å². The van der Waals surface area contributed by atoms with E-state index in [4.69, 9.17) is 0 Å². The van der Waals surface area contributed by atoms with E-state index in [2.05, 4.69) is 15.6 Å². The molecule has 0 aromatic rings. The first-order chi connectivity index (χ1) is 8.65. The Labute approximate surface area is 108 Å². The van der Waals surface area contributed by atoms with Crippen molar-refractivity contribution in [3.63, 3.8) is 0 Å². The lowest BCUT2D eigenvalue weighted by Gasteiger charge is -2.12. The van der Waals surface area contributed by atoms with Gasteiger partial charge in [-0.2, -0.15) is 0 Å². The summed E-state index contributed by atoms with van der Waals surface area (Å²) in [6.45, 7) is 2.26. The second kappa shape index (κ2) is 7.97. The molecule has 2 unspecified atom stereocenters. The van der Waals surface area contributed by atoms with Crippen molar-refractivity contribution in [3.05, 3.63) is 0 Å². The summed E-state index contributed by atoms with van der Waals surface area (Å²) in [5.41, 5.74) is 0. The smallest absolute Gasteiger partial charge is 0.244 e. The number of carbonyl (C=O) groups is 2. The number of carbonyl (C=O) groups excluding carboxylic acids is 2. The van der Waals surface area contributed by atoms with E-state index >= 15 is 0 Å². The minimum atomic E-state index is -0.174. The van der Waals surface area contributed by atoms with Crippen LogP contribution in [0.4, 0.5) is 0 Å². The van der Waals surface area contributed by atoms with Crippen LogP contribution in [0.1, 0.15) is 39.0 Å². The number of nitrogens with one attached hydrogen (secondary N) is 2. The van der Waals surface area contributed by atoms with Gasteiger partial charge in [0, 0.05) is 6.54 Å². The molecule has 0 saturated heterocycles. The van der Waals surface area contributed by atoms with E-state index in [0.29, 0.717) is 6.54 Å². The van der Waals surface area contributed by atoms with Gasteiger partial charge in [-0.15, -0.1) is 0 Å². The number of nitrogens with zero attached hydrogens (tertiary/aromatic N) is 1. The Kier molecular flexibility index (Phi) is 6.57. The van der Waals surface area contributed by atoms with Crippen molar-refractivity contribution in [2.45, 2.75) is 51.1 Å². The van der Waals surface area contributed by atoms with Crippen LogP contribution in [0.25, 0.3) is 0 Å². The Bertz CT molecular complexity index is 315. The number of amides is 1. The van der Waals surface area contributed by atoms with Crippen molar-refractivity contribution in [3.8, 4) is 0 Å². The molecule has 2 atom stereocenters. The van der Waals surface area contributed by atoms with Gasteiger partial charge in [0.2, 0.25) is 5.91 Å². The molecule has 5 nitrogen and oxygen atoms in total. The first-order valence-electron chi connectivity index (χ1n) is 6.62. The molecule has 1 amide bonds. The van der Waals surface area contributed by atoms with E-state index in [1.165, 1.54) is 0 Å². The summed E-state index contributed by atoms with van der Waals surface area (Å²) in [4.78, 5) is 26.9. The third-order valence-corrected chi connectivity index (χ3v) is 3.22. The zero-order chi connectivity index (χ0) is 13.4. The fourth-order valence-corrected chi connectivity index (χ4v) is 2.06. The summed E-state index contributed by atoms with van der Waals surface area (Å²) >= 11 is 0. The van der Waals surface area contributed by atoms with Crippen LogP contribution < -0.4 is 10.6 Å².